The lowest BCUT2D eigenvalue weighted by Crippen LogP contribution is -2.61. The van der Waals surface area contributed by atoms with Crippen LogP contribution in [0, 0.1) is 0 Å². The molecule has 0 aromatic rings. The summed E-state index contributed by atoms with van der Waals surface area (Å²) < 4.78 is 0. The maximum Gasteiger partial charge on any atom is 0.239 e. The van der Waals surface area contributed by atoms with Gasteiger partial charge in [-0.25, -0.2) is 0 Å². The zero-order valence-corrected chi connectivity index (χ0v) is 10.4. The zero-order chi connectivity index (χ0) is 11.8. The summed E-state index contributed by atoms with van der Waals surface area (Å²) in [5.74, 6) is 0.152. The number of nitrogens with zero attached hydrogens (tertiary/aromatic N) is 2. The van der Waals surface area contributed by atoms with Gasteiger partial charge in [-0.3, -0.25) is 4.79 Å². The lowest BCUT2D eigenvalue weighted by atomic mass is 9.75. The van der Waals surface area contributed by atoms with E-state index in [0.29, 0.717) is 0 Å². The predicted molar refractivity (Wildman–Crippen MR) is 64.1 cm³/mol. The molecule has 1 aliphatic heterocycles. The Kier molecular flexibility index (Phi) is 3.22. The van der Waals surface area contributed by atoms with E-state index in [1.54, 1.807) is 0 Å². The number of amides is 1. The van der Waals surface area contributed by atoms with Crippen molar-refractivity contribution in [2.45, 2.75) is 43.7 Å². The first-order valence-electron chi connectivity index (χ1n) is 6.27. The van der Waals surface area contributed by atoms with Crippen LogP contribution in [-0.2, 0) is 4.79 Å². The molecular formula is C12H23N3O. The second kappa shape index (κ2) is 4.34. The minimum atomic E-state index is -0.256. The van der Waals surface area contributed by atoms with Crippen molar-refractivity contribution in [1.29, 1.82) is 0 Å². The number of rotatable bonds is 3. The minimum Gasteiger partial charge on any atom is -0.339 e. The Bertz CT molecular complexity index is 273. The van der Waals surface area contributed by atoms with Crippen LogP contribution in [0.4, 0.5) is 0 Å². The van der Waals surface area contributed by atoms with Crippen molar-refractivity contribution < 1.29 is 4.79 Å². The van der Waals surface area contributed by atoms with E-state index >= 15 is 0 Å². The molecule has 1 aliphatic carbocycles. The fraction of sp³-hybridized carbons (Fsp3) is 0.917. The van der Waals surface area contributed by atoms with Crippen molar-refractivity contribution >= 4 is 5.91 Å². The van der Waals surface area contributed by atoms with Gasteiger partial charge in [0.25, 0.3) is 0 Å². The first-order valence-corrected chi connectivity index (χ1v) is 6.27. The Balaban J connectivity index is 2.00. The predicted octanol–water partition coefficient (Wildman–Crippen LogP) is 0.420. The van der Waals surface area contributed by atoms with Gasteiger partial charge in [-0.2, -0.15) is 0 Å². The number of carbonyl (C=O) groups is 1. The largest absolute Gasteiger partial charge is 0.339 e. The second-order valence-corrected chi connectivity index (χ2v) is 5.48. The Morgan fingerprint density at radius 3 is 2.62 bits per heavy atom. The maximum atomic E-state index is 11.9. The number of piperidine rings is 1. The van der Waals surface area contributed by atoms with Crippen LogP contribution in [0.25, 0.3) is 0 Å². The molecule has 1 amide bonds. The quantitative estimate of drug-likeness (QED) is 0.757. The highest BCUT2D eigenvalue weighted by molar-refractivity contribution is 5.82. The molecule has 4 heteroatoms. The van der Waals surface area contributed by atoms with E-state index in [-0.39, 0.29) is 17.5 Å². The van der Waals surface area contributed by atoms with Gasteiger partial charge in [-0.05, 0) is 46.2 Å². The monoisotopic (exact) mass is 225 g/mol. The van der Waals surface area contributed by atoms with Gasteiger partial charge < -0.3 is 15.5 Å². The van der Waals surface area contributed by atoms with Crippen molar-refractivity contribution in [2.24, 2.45) is 5.73 Å². The molecule has 92 valence electrons. The van der Waals surface area contributed by atoms with Crippen molar-refractivity contribution in [3.8, 4) is 0 Å². The fourth-order valence-electron chi connectivity index (χ4n) is 2.81. The Morgan fingerprint density at radius 1 is 1.44 bits per heavy atom. The number of carbonyl (C=O) groups excluding carboxylic acids is 1. The van der Waals surface area contributed by atoms with Gasteiger partial charge in [0.15, 0.2) is 0 Å². The molecule has 0 aromatic carbocycles. The standard InChI is InChI=1S/C12H23N3O/c1-14(2)12(6-4-7-12)9-15-8-3-5-10(13)11(15)16/h10H,3-9,13H2,1-2H3. The summed E-state index contributed by atoms with van der Waals surface area (Å²) in [7, 11) is 4.24. The summed E-state index contributed by atoms with van der Waals surface area (Å²) in [4.78, 5) is 16.2. The number of hydrogen-bond donors (Lipinski definition) is 1. The van der Waals surface area contributed by atoms with E-state index < -0.39 is 0 Å². The van der Waals surface area contributed by atoms with Crippen LogP contribution in [0.15, 0.2) is 0 Å². The summed E-state index contributed by atoms with van der Waals surface area (Å²) in [6.07, 6.45) is 5.60. The van der Waals surface area contributed by atoms with Gasteiger partial charge in [-0.1, -0.05) is 0 Å². The molecule has 1 heterocycles. The van der Waals surface area contributed by atoms with Crippen LogP contribution in [-0.4, -0.2) is 54.5 Å². The number of likely N-dealkylation sites (N-methyl/N-ethyl adjacent to an activating group) is 1. The lowest BCUT2D eigenvalue weighted by Gasteiger charge is -2.50. The van der Waals surface area contributed by atoms with Gasteiger partial charge in [0.2, 0.25) is 5.91 Å². The van der Waals surface area contributed by atoms with E-state index in [1.807, 2.05) is 4.90 Å². The molecule has 0 spiro atoms. The van der Waals surface area contributed by atoms with Crippen molar-refractivity contribution in [1.82, 2.24) is 9.80 Å². The van der Waals surface area contributed by atoms with Gasteiger partial charge in [0, 0.05) is 18.6 Å². The first-order chi connectivity index (χ1) is 7.55. The molecule has 0 aromatic heterocycles. The van der Waals surface area contributed by atoms with E-state index in [1.165, 1.54) is 19.3 Å². The molecule has 2 fully saturated rings. The molecule has 1 saturated carbocycles. The van der Waals surface area contributed by atoms with Crippen LogP contribution < -0.4 is 5.73 Å². The van der Waals surface area contributed by atoms with Crippen LogP contribution in [0.5, 0.6) is 0 Å². The average molecular weight is 225 g/mol. The molecule has 2 rings (SSSR count). The summed E-state index contributed by atoms with van der Waals surface area (Å²) in [6.45, 7) is 1.76. The van der Waals surface area contributed by atoms with E-state index in [0.717, 1.165) is 25.9 Å². The van der Waals surface area contributed by atoms with Gasteiger partial charge >= 0.3 is 0 Å². The molecule has 1 atom stereocenters. The number of hydrogen-bond acceptors (Lipinski definition) is 3. The summed E-state index contributed by atoms with van der Waals surface area (Å²) in [5, 5.41) is 0. The molecule has 1 unspecified atom stereocenters. The summed E-state index contributed by atoms with van der Waals surface area (Å²) >= 11 is 0. The molecule has 2 aliphatic rings. The van der Waals surface area contributed by atoms with Crippen molar-refractivity contribution in [3.63, 3.8) is 0 Å². The maximum absolute atomic E-state index is 11.9. The third-order valence-electron chi connectivity index (χ3n) is 4.29. The highest BCUT2D eigenvalue weighted by Gasteiger charge is 2.42. The summed E-state index contributed by atoms with van der Waals surface area (Å²) in [5.41, 5.74) is 6.05. The third-order valence-corrected chi connectivity index (χ3v) is 4.29. The Morgan fingerprint density at radius 2 is 2.12 bits per heavy atom. The third kappa shape index (κ3) is 1.96. The molecular weight excluding hydrogens is 202 g/mol. The van der Waals surface area contributed by atoms with Gasteiger partial charge in [0.1, 0.15) is 0 Å². The minimum absolute atomic E-state index is 0.152. The first kappa shape index (κ1) is 11.9. The van der Waals surface area contributed by atoms with E-state index in [2.05, 4.69) is 19.0 Å². The lowest BCUT2D eigenvalue weighted by molar-refractivity contribution is -0.138. The topological polar surface area (TPSA) is 49.6 Å². The Hall–Kier alpha value is -0.610. The number of likely N-dealkylation sites (tertiary alicyclic amines) is 1. The Labute approximate surface area is 97.8 Å². The molecule has 4 nitrogen and oxygen atoms in total. The van der Waals surface area contributed by atoms with Gasteiger partial charge in [0.05, 0.1) is 6.04 Å². The molecule has 0 radical (unpaired) electrons. The van der Waals surface area contributed by atoms with Gasteiger partial charge in [-0.15, -0.1) is 0 Å². The normalized spacial score (nSPS) is 29.4. The summed E-state index contributed by atoms with van der Waals surface area (Å²) in [6, 6.07) is -0.256. The fourth-order valence-corrected chi connectivity index (χ4v) is 2.81. The van der Waals surface area contributed by atoms with Crippen LogP contribution in [0.3, 0.4) is 0 Å². The smallest absolute Gasteiger partial charge is 0.239 e. The van der Waals surface area contributed by atoms with Crippen LogP contribution in [0.2, 0.25) is 0 Å². The highest BCUT2D eigenvalue weighted by atomic mass is 16.2. The van der Waals surface area contributed by atoms with E-state index in [9.17, 15) is 4.79 Å². The molecule has 2 N–H and O–H groups in total. The highest BCUT2D eigenvalue weighted by Crippen LogP contribution is 2.37. The van der Waals surface area contributed by atoms with E-state index in [4.69, 9.17) is 5.73 Å². The zero-order valence-electron chi connectivity index (χ0n) is 10.4. The second-order valence-electron chi connectivity index (χ2n) is 5.48. The molecule has 1 saturated heterocycles. The van der Waals surface area contributed by atoms with Crippen molar-refractivity contribution in [2.75, 3.05) is 27.2 Å². The number of nitrogens with two attached hydrogens (primary N) is 1. The van der Waals surface area contributed by atoms with Crippen LogP contribution >= 0.6 is 0 Å². The van der Waals surface area contributed by atoms with Crippen LogP contribution in [0.1, 0.15) is 32.1 Å². The average Bonchev–Trinajstić information content (AvgIpc) is 2.17. The SMILES string of the molecule is CN(C)C1(CN2CCCC(N)C2=O)CCC1. The molecule has 0 bridgehead atoms. The van der Waals surface area contributed by atoms with Crippen molar-refractivity contribution in [3.05, 3.63) is 0 Å². The molecule has 16 heavy (non-hydrogen) atoms.